The smallest absolute Gasteiger partial charge is 0.271 e. The van der Waals surface area contributed by atoms with Crippen LogP contribution < -0.4 is 11.3 Å². The van der Waals surface area contributed by atoms with Gasteiger partial charge in [0, 0.05) is 6.04 Å². The summed E-state index contributed by atoms with van der Waals surface area (Å²) in [4.78, 5) is 0. The van der Waals surface area contributed by atoms with Gasteiger partial charge in [-0.05, 0) is 30.0 Å². The second-order valence-corrected chi connectivity index (χ2v) is 4.59. The number of halogens is 4. The van der Waals surface area contributed by atoms with Crippen LogP contribution in [0, 0.1) is 11.7 Å². The third-order valence-electron chi connectivity index (χ3n) is 2.61. The first-order chi connectivity index (χ1) is 8.25. The van der Waals surface area contributed by atoms with Gasteiger partial charge < -0.3 is 0 Å². The Kier molecular flexibility index (Phi) is 4.70. The molecule has 0 aliphatic rings. The van der Waals surface area contributed by atoms with E-state index in [1.165, 1.54) is 6.07 Å². The van der Waals surface area contributed by atoms with E-state index in [0.717, 1.165) is 12.1 Å². The third-order valence-corrected chi connectivity index (χ3v) is 2.61. The fourth-order valence-corrected chi connectivity index (χ4v) is 1.75. The van der Waals surface area contributed by atoms with Crippen LogP contribution in [-0.2, 0) is 6.18 Å². The van der Waals surface area contributed by atoms with Gasteiger partial charge >= 0.3 is 6.18 Å². The number of hydrazine groups is 1. The van der Waals surface area contributed by atoms with Crippen molar-refractivity contribution in [2.24, 2.45) is 11.8 Å². The van der Waals surface area contributed by atoms with Crippen LogP contribution in [0.15, 0.2) is 18.2 Å². The van der Waals surface area contributed by atoms with E-state index in [2.05, 4.69) is 5.43 Å². The lowest BCUT2D eigenvalue weighted by Gasteiger charge is -2.19. The molecule has 0 spiro atoms. The molecule has 1 aromatic carbocycles. The Morgan fingerprint density at radius 3 is 2.28 bits per heavy atom. The second-order valence-electron chi connectivity index (χ2n) is 4.59. The number of nitrogens with two attached hydrogens (primary N) is 1. The van der Waals surface area contributed by atoms with Gasteiger partial charge in [0.25, 0.3) is 0 Å². The van der Waals surface area contributed by atoms with Gasteiger partial charge in [-0.2, -0.15) is 13.2 Å². The fraction of sp³-hybridized carbons (Fsp3) is 0.500. The maximum atomic E-state index is 13.4. The van der Waals surface area contributed by atoms with Crippen molar-refractivity contribution >= 4 is 0 Å². The first kappa shape index (κ1) is 14.9. The molecule has 6 heteroatoms. The molecule has 1 aromatic rings. The lowest BCUT2D eigenvalue weighted by atomic mass is 9.96. The van der Waals surface area contributed by atoms with Gasteiger partial charge in [-0.25, -0.2) is 4.39 Å². The first-order valence-electron chi connectivity index (χ1n) is 5.58. The van der Waals surface area contributed by atoms with E-state index in [-0.39, 0.29) is 12.0 Å². The van der Waals surface area contributed by atoms with E-state index in [0.29, 0.717) is 12.0 Å². The molecule has 0 aliphatic heterocycles. The first-order valence-corrected chi connectivity index (χ1v) is 5.58. The van der Waals surface area contributed by atoms with Crippen LogP contribution in [0.1, 0.15) is 37.4 Å². The highest BCUT2D eigenvalue weighted by Crippen LogP contribution is 2.33. The fourth-order valence-electron chi connectivity index (χ4n) is 1.75. The average molecular weight is 264 g/mol. The molecule has 18 heavy (non-hydrogen) atoms. The third kappa shape index (κ3) is 3.68. The lowest BCUT2D eigenvalue weighted by molar-refractivity contribution is -0.140. The molecule has 0 bridgehead atoms. The molecule has 0 aromatic heterocycles. The van der Waals surface area contributed by atoms with Gasteiger partial charge in [-0.3, -0.25) is 11.3 Å². The van der Waals surface area contributed by atoms with Crippen molar-refractivity contribution in [3.63, 3.8) is 0 Å². The molecule has 0 radical (unpaired) electrons. The Morgan fingerprint density at radius 1 is 1.28 bits per heavy atom. The van der Waals surface area contributed by atoms with Crippen molar-refractivity contribution in [2.45, 2.75) is 32.5 Å². The predicted molar refractivity (Wildman–Crippen MR) is 60.9 cm³/mol. The summed E-state index contributed by atoms with van der Waals surface area (Å²) in [7, 11) is 0. The Balaban J connectivity index is 3.02. The van der Waals surface area contributed by atoms with E-state index >= 15 is 0 Å². The Morgan fingerprint density at radius 2 is 1.89 bits per heavy atom. The van der Waals surface area contributed by atoms with E-state index in [9.17, 15) is 17.6 Å². The van der Waals surface area contributed by atoms with Crippen molar-refractivity contribution in [3.05, 3.63) is 35.1 Å². The topological polar surface area (TPSA) is 38.0 Å². The van der Waals surface area contributed by atoms with Gasteiger partial charge in [0.2, 0.25) is 0 Å². The minimum atomic E-state index is -4.67. The molecule has 3 N–H and O–H groups in total. The Bertz CT molecular complexity index is 402. The minimum absolute atomic E-state index is 0.288. The number of hydrogen-bond acceptors (Lipinski definition) is 2. The number of rotatable bonds is 4. The van der Waals surface area contributed by atoms with E-state index in [4.69, 9.17) is 5.84 Å². The monoisotopic (exact) mass is 264 g/mol. The zero-order valence-corrected chi connectivity index (χ0v) is 10.2. The highest BCUT2D eigenvalue weighted by atomic mass is 19.4. The summed E-state index contributed by atoms with van der Waals surface area (Å²) in [5, 5.41) is 0. The number of nitrogens with one attached hydrogen (secondary N) is 1. The predicted octanol–water partition coefficient (Wildman–Crippen LogP) is 3.40. The molecule has 0 heterocycles. The lowest BCUT2D eigenvalue weighted by Crippen LogP contribution is -2.29. The summed E-state index contributed by atoms with van der Waals surface area (Å²) in [6, 6.07) is 2.52. The van der Waals surface area contributed by atoms with Gasteiger partial charge in [0.05, 0.1) is 5.56 Å². The maximum Gasteiger partial charge on any atom is 0.419 e. The van der Waals surface area contributed by atoms with Gasteiger partial charge in [0.1, 0.15) is 5.82 Å². The Labute approximate surface area is 103 Å². The number of benzene rings is 1. The summed E-state index contributed by atoms with van der Waals surface area (Å²) in [5.74, 6) is 4.35. The Hall–Kier alpha value is -1.14. The molecule has 0 saturated carbocycles. The molecule has 0 saturated heterocycles. The van der Waals surface area contributed by atoms with Gasteiger partial charge in [-0.1, -0.05) is 19.9 Å². The van der Waals surface area contributed by atoms with E-state index in [1.807, 2.05) is 13.8 Å². The minimum Gasteiger partial charge on any atom is -0.271 e. The van der Waals surface area contributed by atoms with Crippen LogP contribution in [-0.4, -0.2) is 0 Å². The van der Waals surface area contributed by atoms with Crippen LogP contribution in [0.4, 0.5) is 17.6 Å². The standard InChI is InChI=1S/C12H16F4N2/c1-7(2)5-11(18-17)8-3-4-9(10(13)6-8)12(14,15)16/h3-4,6-7,11,18H,5,17H2,1-2H3. The SMILES string of the molecule is CC(C)CC(NN)c1ccc(C(F)(F)F)c(F)c1. The normalized spacial score (nSPS) is 14.0. The van der Waals surface area contributed by atoms with Crippen molar-refractivity contribution in [2.75, 3.05) is 0 Å². The van der Waals surface area contributed by atoms with Crippen molar-refractivity contribution in [3.8, 4) is 0 Å². The molecule has 0 aliphatic carbocycles. The summed E-state index contributed by atoms with van der Waals surface area (Å²) in [5.41, 5.74) is 1.64. The van der Waals surface area contributed by atoms with E-state index in [1.54, 1.807) is 0 Å². The molecular weight excluding hydrogens is 248 g/mol. The number of hydrogen-bond donors (Lipinski definition) is 2. The van der Waals surface area contributed by atoms with Crippen molar-refractivity contribution in [1.29, 1.82) is 0 Å². The number of alkyl halides is 3. The highest BCUT2D eigenvalue weighted by Gasteiger charge is 2.34. The summed E-state index contributed by atoms with van der Waals surface area (Å²) in [6.45, 7) is 3.90. The van der Waals surface area contributed by atoms with Crippen LogP contribution in [0.5, 0.6) is 0 Å². The second kappa shape index (κ2) is 5.67. The molecule has 0 amide bonds. The summed E-state index contributed by atoms with van der Waals surface area (Å²) in [6.07, 6.45) is -4.06. The largest absolute Gasteiger partial charge is 0.419 e. The maximum absolute atomic E-state index is 13.4. The quantitative estimate of drug-likeness (QED) is 0.497. The molecule has 102 valence electrons. The molecule has 1 unspecified atom stereocenters. The zero-order valence-electron chi connectivity index (χ0n) is 10.2. The molecule has 2 nitrogen and oxygen atoms in total. The summed E-state index contributed by atoms with van der Waals surface area (Å²) < 4.78 is 50.6. The molecule has 0 fully saturated rings. The summed E-state index contributed by atoms with van der Waals surface area (Å²) >= 11 is 0. The van der Waals surface area contributed by atoms with E-state index < -0.39 is 17.6 Å². The molecule has 1 atom stereocenters. The van der Waals surface area contributed by atoms with Crippen molar-refractivity contribution < 1.29 is 17.6 Å². The van der Waals surface area contributed by atoms with Crippen molar-refractivity contribution in [1.82, 2.24) is 5.43 Å². The average Bonchev–Trinajstić information content (AvgIpc) is 2.23. The van der Waals surface area contributed by atoms with Gasteiger partial charge in [-0.15, -0.1) is 0 Å². The van der Waals surface area contributed by atoms with Gasteiger partial charge in [0.15, 0.2) is 0 Å². The molecule has 1 rings (SSSR count). The zero-order chi connectivity index (χ0) is 13.9. The van der Waals surface area contributed by atoms with Crippen LogP contribution in [0.25, 0.3) is 0 Å². The van der Waals surface area contributed by atoms with Crippen LogP contribution >= 0.6 is 0 Å². The van der Waals surface area contributed by atoms with Crippen LogP contribution in [0.3, 0.4) is 0 Å². The highest BCUT2D eigenvalue weighted by molar-refractivity contribution is 5.28. The van der Waals surface area contributed by atoms with Crippen LogP contribution in [0.2, 0.25) is 0 Å². The molecular formula is C12H16F4N2.